The fourth-order valence-electron chi connectivity index (χ4n) is 8.66. The monoisotopic (exact) mass is 1040 g/mol. The third-order valence-corrected chi connectivity index (χ3v) is 13.3. The average molecular weight is 1040 g/mol. The lowest BCUT2D eigenvalue weighted by atomic mass is 9.97. The van der Waals surface area contributed by atoms with Gasteiger partial charge in [0.25, 0.3) is 0 Å². The minimum atomic E-state index is -1.80. The van der Waals surface area contributed by atoms with Gasteiger partial charge in [-0.15, -0.1) is 0 Å². The molecular weight excluding hydrogens is 943 g/mol. The number of nitrogens with one attached hydrogen (secondary N) is 1. The summed E-state index contributed by atoms with van der Waals surface area (Å²) in [6, 6.07) is -0.946. The topological polar surface area (TPSA) is 228 Å². The summed E-state index contributed by atoms with van der Waals surface area (Å²) in [5.41, 5.74) is 0. The van der Waals surface area contributed by atoms with Gasteiger partial charge in [-0.3, -0.25) is 4.79 Å². The van der Waals surface area contributed by atoms with Crippen LogP contribution in [-0.4, -0.2) is 140 Å². The molecule has 12 atom stereocenters. The second-order valence-electron chi connectivity index (χ2n) is 19.7. The molecule has 2 heterocycles. The van der Waals surface area contributed by atoms with Crippen molar-refractivity contribution in [2.45, 2.75) is 254 Å². The van der Waals surface area contributed by atoms with E-state index in [9.17, 15) is 45.6 Å². The molecule has 0 aromatic carbocycles. The quantitative estimate of drug-likeness (QED) is 0.0205. The second kappa shape index (κ2) is 45.0. The third kappa shape index (κ3) is 30.6. The molecule has 1 amide bonds. The number of carbonyl (C=O) groups excluding carboxylic acids is 1. The van der Waals surface area contributed by atoms with E-state index in [4.69, 9.17) is 18.9 Å². The summed E-state index contributed by atoms with van der Waals surface area (Å²) in [7, 11) is 0. The highest BCUT2D eigenvalue weighted by Gasteiger charge is 2.51. The molecule has 0 radical (unpaired) electrons. The van der Waals surface area contributed by atoms with E-state index in [-0.39, 0.29) is 18.9 Å². The van der Waals surface area contributed by atoms with Crippen LogP contribution >= 0.6 is 0 Å². The van der Waals surface area contributed by atoms with Crippen molar-refractivity contribution in [1.82, 2.24) is 5.32 Å². The number of aliphatic hydroxyl groups excluding tert-OH is 8. The Morgan fingerprint density at radius 3 is 1.49 bits per heavy atom. The molecular formula is C60H101NO13. The molecule has 0 aliphatic carbocycles. The molecule has 9 N–H and O–H groups in total. The Morgan fingerprint density at radius 1 is 0.500 bits per heavy atom. The number of unbranched alkanes of at least 4 members (excludes halogenated alkanes) is 16. The van der Waals surface area contributed by atoms with E-state index in [1.54, 1.807) is 6.08 Å². The number of aliphatic hydroxyl groups is 8. The number of amides is 1. The van der Waals surface area contributed by atoms with E-state index in [2.05, 4.69) is 104 Å². The minimum absolute atomic E-state index is 0.250. The summed E-state index contributed by atoms with van der Waals surface area (Å²) in [6.45, 7) is 2.63. The van der Waals surface area contributed by atoms with Gasteiger partial charge in [0, 0.05) is 6.42 Å². The Kier molecular flexibility index (Phi) is 40.7. The highest BCUT2D eigenvalue weighted by molar-refractivity contribution is 5.76. The third-order valence-electron chi connectivity index (χ3n) is 13.3. The molecule has 2 fully saturated rings. The van der Waals surface area contributed by atoms with Crippen LogP contribution in [0.4, 0.5) is 0 Å². The Hall–Kier alpha value is -3.09. The predicted molar refractivity (Wildman–Crippen MR) is 295 cm³/mol. The molecule has 424 valence electrons. The molecule has 0 bridgehead atoms. The lowest BCUT2D eigenvalue weighted by molar-refractivity contribution is -0.359. The number of carbonyl (C=O) groups is 1. The molecule has 14 heteroatoms. The molecule has 2 saturated heterocycles. The molecule has 0 aromatic heterocycles. The molecule has 0 aromatic rings. The van der Waals surface area contributed by atoms with Crippen molar-refractivity contribution in [2.75, 3.05) is 19.8 Å². The molecule has 2 aliphatic rings. The van der Waals surface area contributed by atoms with Crippen LogP contribution in [0.1, 0.15) is 181 Å². The summed E-state index contributed by atoms with van der Waals surface area (Å²) in [6.07, 6.45) is 44.4. The van der Waals surface area contributed by atoms with Crippen LogP contribution in [-0.2, 0) is 23.7 Å². The average Bonchev–Trinajstić information content (AvgIpc) is 3.40. The van der Waals surface area contributed by atoms with Crippen LogP contribution in [0.2, 0.25) is 0 Å². The van der Waals surface area contributed by atoms with Crippen LogP contribution in [0, 0.1) is 0 Å². The van der Waals surface area contributed by atoms with E-state index in [1.165, 1.54) is 57.8 Å². The maximum Gasteiger partial charge on any atom is 0.220 e. The van der Waals surface area contributed by atoms with E-state index < -0.39 is 86.8 Å². The zero-order valence-corrected chi connectivity index (χ0v) is 45.3. The van der Waals surface area contributed by atoms with Crippen molar-refractivity contribution >= 4 is 5.91 Å². The highest BCUT2D eigenvalue weighted by Crippen LogP contribution is 2.30. The summed E-state index contributed by atoms with van der Waals surface area (Å²) in [5, 5.41) is 86.9. The van der Waals surface area contributed by atoms with E-state index in [0.29, 0.717) is 12.8 Å². The van der Waals surface area contributed by atoms with Crippen LogP contribution < -0.4 is 5.32 Å². The molecule has 12 unspecified atom stereocenters. The number of hydrogen-bond donors (Lipinski definition) is 9. The Balaban J connectivity index is 1.80. The first-order valence-electron chi connectivity index (χ1n) is 28.5. The fourth-order valence-corrected chi connectivity index (χ4v) is 8.66. The largest absolute Gasteiger partial charge is 0.394 e. The van der Waals surface area contributed by atoms with Gasteiger partial charge >= 0.3 is 0 Å². The number of allylic oxidation sites excluding steroid dienone is 15. The molecule has 14 nitrogen and oxygen atoms in total. The first-order valence-corrected chi connectivity index (χ1v) is 28.5. The lowest BCUT2D eigenvalue weighted by Gasteiger charge is -2.46. The maximum atomic E-state index is 13.2. The normalized spacial score (nSPS) is 26.0. The van der Waals surface area contributed by atoms with Crippen molar-refractivity contribution in [2.24, 2.45) is 0 Å². The van der Waals surface area contributed by atoms with Crippen LogP contribution in [0.3, 0.4) is 0 Å². The Morgan fingerprint density at radius 2 is 0.946 bits per heavy atom. The molecule has 0 saturated carbocycles. The molecule has 2 rings (SSSR count). The zero-order chi connectivity index (χ0) is 53.9. The smallest absolute Gasteiger partial charge is 0.220 e. The second-order valence-corrected chi connectivity index (χ2v) is 19.7. The van der Waals surface area contributed by atoms with Gasteiger partial charge in [0.2, 0.25) is 5.91 Å². The minimum Gasteiger partial charge on any atom is -0.394 e. The molecule has 74 heavy (non-hydrogen) atoms. The van der Waals surface area contributed by atoms with Gasteiger partial charge in [-0.2, -0.15) is 0 Å². The zero-order valence-electron chi connectivity index (χ0n) is 45.3. The summed E-state index contributed by atoms with van der Waals surface area (Å²) in [4.78, 5) is 13.2. The fraction of sp³-hybridized carbons (Fsp3) is 0.717. The van der Waals surface area contributed by atoms with Crippen LogP contribution in [0.15, 0.2) is 97.2 Å². The Bertz CT molecular complexity index is 1610. The summed E-state index contributed by atoms with van der Waals surface area (Å²) in [5.74, 6) is -0.269. The van der Waals surface area contributed by atoms with E-state index in [1.807, 2.05) is 6.08 Å². The van der Waals surface area contributed by atoms with Crippen LogP contribution in [0.5, 0.6) is 0 Å². The molecule has 2 aliphatic heterocycles. The van der Waals surface area contributed by atoms with Gasteiger partial charge in [-0.1, -0.05) is 188 Å². The number of rotatable bonds is 43. The first-order chi connectivity index (χ1) is 36.1. The highest BCUT2D eigenvalue weighted by atomic mass is 16.7. The standard InChI is InChI=1S/C60H101NO13/c1-3-5-7-9-11-13-15-17-19-20-21-22-23-24-25-26-27-28-30-32-34-36-38-40-42-44-52(65)61-48(49(64)43-41-39-37-35-33-31-29-18-16-14-12-10-8-6-4-2)47-71-59-57(70)55(68)58(51(46-63)73-59)74-60-56(69)54(67)53(66)50(45-62)72-60/h5,7,11,13,17,19,21-22,24-25,27-28,33,35,41,43,48-51,53-60,62-64,66-70H,3-4,6,8-10,12,14-16,18,20,23,26,29-32,34,36-40,42,44-47H2,1-2H3,(H,61,65)/b7-5-,13-11-,19-17-,22-21-,25-24-,28-27-,35-33+,43-41+. The maximum absolute atomic E-state index is 13.2. The van der Waals surface area contributed by atoms with Crippen molar-refractivity contribution in [3.8, 4) is 0 Å². The van der Waals surface area contributed by atoms with Gasteiger partial charge < -0.3 is 65.1 Å². The predicted octanol–water partition coefficient (Wildman–Crippen LogP) is 9.10. The Labute approximate surface area is 445 Å². The van der Waals surface area contributed by atoms with E-state index in [0.717, 1.165) is 89.9 Å². The van der Waals surface area contributed by atoms with Gasteiger partial charge in [-0.25, -0.2) is 0 Å². The number of ether oxygens (including phenoxy) is 4. The SMILES string of the molecule is CC/C=C\C/C=C\C/C=C\C/C=C\C/C=C\C/C=C\CCCCCCCCC(=O)NC(COC1OC(CO)C(OC2OC(CO)C(O)C(O)C2O)C(O)C1O)C(O)/C=C/CC/C=C/CCCCCCCCCCC. The summed E-state index contributed by atoms with van der Waals surface area (Å²) >= 11 is 0. The lowest BCUT2D eigenvalue weighted by Crippen LogP contribution is -2.65. The summed E-state index contributed by atoms with van der Waals surface area (Å²) < 4.78 is 22.7. The van der Waals surface area contributed by atoms with Crippen molar-refractivity contribution in [3.63, 3.8) is 0 Å². The van der Waals surface area contributed by atoms with Gasteiger partial charge in [0.1, 0.15) is 48.8 Å². The molecule has 0 spiro atoms. The van der Waals surface area contributed by atoms with Gasteiger partial charge in [-0.05, 0) is 83.5 Å². The first kappa shape index (κ1) is 67.0. The van der Waals surface area contributed by atoms with Crippen LogP contribution in [0.25, 0.3) is 0 Å². The van der Waals surface area contributed by atoms with Gasteiger partial charge in [0.15, 0.2) is 12.6 Å². The number of hydrogen-bond acceptors (Lipinski definition) is 13. The van der Waals surface area contributed by atoms with Crippen molar-refractivity contribution in [1.29, 1.82) is 0 Å². The van der Waals surface area contributed by atoms with Crippen molar-refractivity contribution in [3.05, 3.63) is 97.2 Å². The van der Waals surface area contributed by atoms with Crippen molar-refractivity contribution < 1.29 is 64.6 Å². The van der Waals surface area contributed by atoms with Gasteiger partial charge in [0.05, 0.1) is 32.0 Å². The van der Waals surface area contributed by atoms with E-state index >= 15 is 0 Å².